The minimum Gasteiger partial charge on any atom is -0.419 e. The second-order valence-corrected chi connectivity index (χ2v) is 12.8. The van der Waals surface area contributed by atoms with Crippen LogP contribution in [0, 0.1) is 0 Å². The van der Waals surface area contributed by atoms with Gasteiger partial charge >= 0.3 is 8.80 Å². The first-order valence-electron chi connectivity index (χ1n) is 5.47. The summed E-state index contributed by atoms with van der Waals surface area (Å²) < 4.78 is 17.7. The Morgan fingerprint density at radius 3 is 1.80 bits per heavy atom. The molecule has 0 bridgehead atoms. The average Bonchev–Trinajstić information content (AvgIpc) is 2.12. The molecule has 0 rings (SSSR count). The monoisotopic (exact) mass is 284 g/mol. The van der Waals surface area contributed by atoms with Gasteiger partial charge < -0.3 is 12.7 Å². The lowest BCUT2D eigenvalue weighted by atomic mass is 10.6. The van der Waals surface area contributed by atoms with Gasteiger partial charge in [0.15, 0.2) is 18.1 Å². The Morgan fingerprint density at radius 2 is 1.53 bits per heavy atom. The van der Waals surface area contributed by atoms with Gasteiger partial charge in [0, 0.05) is 13.2 Å². The van der Waals surface area contributed by atoms with Crippen molar-refractivity contribution in [2.24, 2.45) is 0 Å². The van der Waals surface area contributed by atoms with E-state index in [1.165, 1.54) is 0 Å². The van der Waals surface area contributed by atoms with Crippen LogP contribution in [0.2, 0.25) is 32.2 Å². The van der Waals surface area contributed by atoms with E-state index in [1.807, 2.05) is 0 Å². The number of thiol groups is 1. The van der Waals surface area contributed by atoms with Gasteiger partial charge in [0.1, 0.15) is 0 Å². The summed E-state index contributed by atoms with van der Waals surface area (Å²) in [5.41, 5.74) is 0. The highest BCUT2D eigenvalue weighted by Crippen LogP contribution is 2.19. The van der Waals surface area contributed by atoms with Crippen LogP contribution >= 0.6 is 12.6 Å². The Kier molecular flexibility index (Phi) is 8.51. The second-order valence-electron chi connectivity index (χ2n) is 4.05. The lowest BCUT2D eigenvalue weighted by Gasteiger charge is -2.32. The lowest BCUT2D eigenvalue weighted by Crippen LogP contribution is -2.50. The fraction of sp³-hybridized carbons (Fsp3) is 1.00. The Balaban J connectivity index is 4.44. The maximum absolute atomic E-state index is 6.03. The van der Waals surface area contributed by atoms with E-state index in [-0.39, 0.29) is 0 Å². The van der Waals surface area contributed by atoms with Crippen LogP contribution in [0.15, 0.2) is 0 Å². The molecule has 0 radical (unpaired) electrons. The zero-order valence-electron chi connectivity index (χ0n) is 10.4. The van der Waals surface area contributed by atoms with Crippen molar-refractivity contribution in [2.45, 2.75) is 38.7 Å². The van der Waals surface area contributed by atoms with Crippen LogP contribution in [0.4, 0.5) is 0 Å². The zero-order valence-corrected chi connectivity index (χ0v) is 14.7. The molecule has 0 unspecified atom stereocenters. The molecule has 0 aliphatic rings. The first-order chi connectivity index (χ1) is 6.95. The molecule has 0 atom stereocenters. The van der Waals surface area contributed by atoms with Crippen LogP contribution in [0.25, 0.3) is 0 Å². The molecular formula is C8H24O3SSi3. The SMILES string of the molecule is CO[Si](CCCS)(O[SiH](C)C)O[SiH](C)C. The molecular weight excluding hydrogens is 260 g/mol. The summed E-state index contributed by atoms with van der Waals surface area (Å²) in [6.45, 7) is 8.64. The summed E-state index contributed by atoms with van der Waals surface area (Å²) in [6, 6.07) is 0.906. The second kappa shape index (κ2) is 8.04. The van der Waals surface area contributed by atoms with Crippen molar-refractivity contribution in [1.29, 1.82) is 0 Å². The molecule has 7 heteroatoms. The van der Waals surface area contributed by atoms with E-state index < -0.39 is 26.9 Å². The van der Waals surface area contributed by atoms with Gasteiger partial charge in [-0.3, -0.25) is 0 Å². The van der Waals surface area contributed by atoms with Crippen LogP contribution in [-0.2, 0) is 12.7 Å². The number of rotatable bonds is 8. The molecule has 0 N–H and O–H groups in total. The van der Waals surface area contributed by atoms with Gasteiger partial charge in [-0.15, -0.1) is 0 Å². The molecule has 3 nitrogen and oxygen atoms in total. The molecule has 0 aliphatic heterocycles. The molecule has 0 aromatic carbocycles. The Bertz CT molecular complexity index is 159. The van der Waals surface area contributed by atoms with E-state index in [0.717, 1.165) is 18.2 Å². The van der Waals surface area contributed by atoms with Crippen LogP contribution in [0.5, 0.6) is 0 Å². The largest absolute Gasteiger partial charge is 0.479 e. The summed E-state index contributed by atoms with van der Waals surface area (Å²) in [4.78, 5) is 0. The van der Waals surface area contributed by atoms with Crippen molar-refractivity contribution in [3.63, 3.8) is 0 Å². The molecule has 0 aromatic rings. The van der Waals surface area contributed by atoms with Crippen molar-refractivity contribution in [1.82, 2.24) is 0 Å². The molecule has 0 aliphatic carbocycles. The van der Waals surface area contributed by atoms with Gasteiger partial charge in [-0.2, -0.15) is 12.6 Å². The van der Waals surface area contributed by atoms with Crippen molar-refractivity contribution >= 4 is 39.5 Å². The van der Waals surface area contributed by atoms with Crippen molar-refractivity contribution < 1.29 is 12.7 Å². The van der Waals surface area contributed by atoms with Gasteiger partial charge in [0.2, 0.25) is 0 Å². The smallest absolute Gasteiger partial charge is 0.419 e. The van der Waals surface area contributed by atoms with Crippen molar-refractivity contribution in [3.05, 3.63) is 0 Å². The summed E-state index contributed by atoms with van der Waals surface area (Å²) in [6.07, 6.45) is 1.01. The third kappa shape index (κ3) is 6.93. The molecule has 0 aromatic heterocycles. The molecule has 0 heterocycles. The lowest BCUT2D eigenvalue weighted by molar-refractivity contribution is 0.206. The normalized spacial score (nSPS) is 12.8. The van der Waals surface area contributed by atoms with Crippen molar-refractivity contribution in [3.8, 4) is 0 Å². The highest BCUT2D eigenvalue weighted by Gasteiger charge is 2.40. The van der Waals surface area contributed by atoms with E-state index >= 15 is 0 Å². The third-order valence-electron chi connectivity index (χ3n) is 1.78. The highest BCUT2D eigenvalue weighted by molar-refractivity contribution is 7.80. The average molecular weight is 285 g/mol. The first kappa shape index (κ1) is 15.9. The third-order valence-corrected chi connectivity index (χ3v) is 10.3. The van der Waals surface area contributed by atoms with Crippen molar-refractivity contribution in [2.75, 3.05) is 12.9 Å². The first-order valence-corrected chi connectivity index (χ1v) is 13.6. The summed E-state index contributed by atoms with van der Waals surface area (Å²) in [5, 5.41) is 0. The molecule has 92 valence electrons. The summed E-state index contributed by atoms with van der Waals surface area (Å²) >= 11 is 4.23. The summed E-state index contributed by atoms with van der Waals surface area (Å²) in [7, 11) is -2.83. The molecule has 15 heavy (non-hydrogen) atoms. The topological polar surface area (TPSA) is 27.7 Å². The Hall–Kier alpha value is 0.881. The fourth-order valence-electron chi connectivity index (χ4n) is 1.36. The summed E-state index contributed by atoms with van der Waals surface area (Å²) in [5.74, 6) is 0.865. The molecule has 0 amide bonds. The van der Waals surface area contributed by atoms with E-state index in [9.17, 15) is 0 Å². The van der Waals surface area contributed by atoms with Gasteiger partial charge in [0.25, 0.3) is 0 Å². The van der Waals surface area contributed by atoms with Crippen LogP contribution in [-0.4, -0.2) is 39.7 Å². The van der Waals surface area contributed by atoms with Gasteiger partial charge in [-0.1, -0.05) is 0 Å². The molecule has 0 fully saturated rings. The standard InChI is InChI=1S/C8H24O3SSi3/c1-9-15(8-6-7-12,10-13(2)3)11-14(4)5/h12-14H,6-8H2,1-5H3. The van der Waals surface area contributed by atoms with E-state index in [1.54, 1.807) is 7.11 Å². The van der Waals surface area contributed by atoms with Crippen LogP contribution < -0.4 is 0 Å². The Labute approximate surface area is 104 Å². The predicted octanol–water partition coefficient (Wildman–Crippen LogP) is 1.89. The predicted molar refractivity (Wildman–Crippen MR) is 76.0 cm³/mol. The zero-order chi connectivity index (χ0) is 11.9. The van der Waals surface area contributed by atoms with E-state index in [4.69, 9.17) is 12.7 Å². The van der Waals surface area contributed by atoms with Gasteiger partial charge in [-0.05, 0) is 38.4 Å². The van der Waals surface area contributed by atoms with Crippen LogP contribution in [0.1, 0.15) is 6.42 Å². The minimum absolute atomic E-state index is 0.865. The minimum atomic E-state index is -2.34. The molecule has 0 saturated carbocycles. The fourth-order valence-corrected chi connectivity index (χ4v) is 10.8. The quantitative estimate of drug-likeness (QED) is 0.545. The Morgan fingerprint density at radius 1 is 1.07 bits per heavy atom. The van der Waals surface area contributed by atoms with Gasteiger partial charge in [0.05, 0.1) is 0 Å². The number of hydrogen-bond donors (Lipinski definition) is 1. The molecule has 0 spiro atoms. The van der Waals surface area contributed by atoms with E-state index in [0.29, 0.717) is 0 Å². The maximum Gasteiger partial charge on any atom is 0.479 e. The highest BCUT2D eigenvalue weighted by atomic mass is 32.1. The maximum atomic E-state index is 6.03. The van der Waals surface area contributed by atoms with Crippen LogP contribution in [0.3, 0.4) is 0 Å². The van der Waals surface area contributed by atoms with Gasteiger partial charge in [-0.25, -0.2) is 0 Å². The number of hydrogen-bond acceptors (Lipinski definition) is 4. The molecule has 0 saturated heterocycles. The van der Waals surface area contributed by atoms with E-state index in [2.05, 4.69) is 38.8 Å².